The summed E-state index contributed by atoms with van der Waals surface area (Å²) in [5.41, 5.74) is -0.688. The van der Waals surface area contributed by atoms with Crippen molar-refractivity contribution in [3.05, 3.63) is 52.3 Å². The molecule has 0 aliphatic carbocycles. The van der Waals surface area contributed by atoms with E-state index in [4.69, 9.17) is 4.74 Å². The number of nitro groups is 1. The highest BCUT2D eigenvalue weighted by atomic mass is 19.3. The molecule has 1 heterocycles. The minimum atomic E-state index is -2.76. The lowest BCUT2D eigenvalue weighted by Crippen LogP contribution is -2.07. The molecule has 0 N–H and O–H groups in total. The van der Waals surface area contributed by atoms with Crippen molar-refractivity contribution >= 4 is 5.69 Å². The summed E-state index contributed by atoms with van der Waals surface area (Å²) in [6.45, 7) is -3.07. The van der Waals surface area contributed by atoms with Crippen molar-refractivity contribution in [2.45, 2.75) is 13.2 Å². The number of halogens is 3. The summed E-state index contributed by atoms with van der Waals surface area (Å²) in [4.78, 5) is 13.2. The van der Waals surface area contributed by atoms with Crippen molar-refractivity contribution in [2.24, 2.45) is 0 Å². The fraction of sp³-hybridized carbons (Fsp3) is 0.182. The molecule has 0 unspecified atom stereocenters. The van der Waals surface area contributed by atoms with E-state index in [9.17, 15) is 23.3 Å². The van der Waals surface area contributed by atoms with Crippen LogP contribution in [0.5, 0.6) is 5.75 Å². The standard InChI is InChI=1S/C11H8F3N3O3/c12-8-5-7(1-2-9(8)17(18)19)20-6-10-15-3-4-16(10)11(13)14/h1-5,11H,6H2. The summed E-state index contributed by atoms with van der Waals surface area (Å²) in [6.07, 6.45) is 2.26. The Morgan fingerprint density at radius 1 is 1.45 bits per heavy atom. The first-order valence-electron chi connectivity index (χ1n) is 5.35. The lowest BCUT2D eigenvalue weighted by molar-refractivity contribution is -0.387. The molecule has 0 bridgehead atoms. The summed E-state index contributed by atoms with van der Waals surface area (Å²) in [5.74, 6) is -1.12. The van der Waals surface area contributed by atoms with Crippen molar-refractivity contribution < 1.29 is 22.8 Å². The highest BCUT2D eigenvalue weighted by molar-refractivity contribution is 5.37. The van der Waals surface area contributed by atoms with E-state index in [-0.39, 0.29) is 18.2 Å². The average molecular weight is 287 g/mol. The van der Waals surface area contributed by atoms with Gasteiger partial charge in [-0.25, -0.2) is 4.98 Å². The Morgan fingerprint density at radius 3 is 2.80 bits per heavy atom. The van der Waals surface area contributed by atoms with Crippen LogP contribution in [0.1, 0.15) is 12.4 Å². The van der Waals surface area contributed by atoms with Gasteiger partial charge in [0, 0.05) is 24.5 Å². The number of nitro benzene ring substituents is 1. The van der Waals surface area contributed by atoms with Gasteiger partial charge in [0.1, 0.15) is 12.4 Å². The SMILES string of the molecule is O=[N+]([O-])c1ccc(OCc2nccn2C(F)F)cc1F. The zero-order valence-electron chi connectivity index (χ0n) is 9.87. The van der Waals surface area contributed by atoms with E-state index in [0.717, 1.165) is 18.3 Å². The molecule has 0 amide bonds. The van der Waals surface area contributed by atoms with Gasteiger partial charge in [-0.05, 0) is 6.07 Å². The van der Waals surface area contributed by atoms with E-state index in [1.807, 2.05) is 0 Å². The van der Waals surface area contributed by atoms with Crippen molar-refractivity contribution in [1.82, 2.24) is 9.55 Å². The summed E-state index contributed by atoms with van der Waals surface area (Å²) >= 11 is 0. The molecule has 0 saturated heterocycles. The highest BCUT2D eigenvalue weighted by Gasteiger charge is 2.15. The van der Waals surface area contributed by atoms with E-state index in [1.54, 1.807) is 0 Å². The van der Waals surface area contributed by atoms with Gasteiger partial charge in [0.25, 0.3) is 0 Å². The Hall–Kier alpha value is -2.58. The molecule has 0 aliphatic rings. The third kappa shape index (κ3) is 2.87. The van der Waals surface area contributed by atoms with Crippen LogP contribution in [-0.4, -0.2) is 14.5 Å². The number of hydrogen-bond acceptors (Lipinski definition) is 4. The fourth-order valence-corrected chi connectivity index (χ4v) is 1.51. The normalized spacial score (nSPS) is 10.8. The number of alkyl halides is 2. The van der Waals surface area contributed by atoms with Gasteiger partial charge in [0.2, 0.25) is 5.82 Å². The van der Waals surface area contributed by atoms with Crippen LogP contribution in [-0.2, 0) is 6.61 Å². The first kappa shape index (κ1) is 13.8. The maximum Gasteiger partial charge on any atom is 0.320 e. The maximum atomic E-state index is 13.3. The number of nitrogens with zero attached hydrogens (tertiary/aromatic N) is 3. The van der Waals surface area contributed by atoms with E-state index in [1.165, 1.54) is 12.3 Å². The summed E-state index contributed by atoms with van der Waals surface area (Å²) in [5, 5.41) is 10.4. The maximum absolute atomic E-state index is 13.3. The Morgan fingerprint density at radius 2 is 2.20 bits per heavy atom. The molecule has 1 aromatic heterocycles. The fourth-order valence-electron chi connectivity index (χ4n) is 1.51. The van der Waals surface area contributed by atoms with Crippen LogP contribution in [0.25, 0.3) is 0 Å². The van der Waals surface area contributed by atoms with Crippen LogP contribution in [0.15, 0.2) is 30.6 Å². The Bertz CT molecular complexity index is 630. The molecule has 106 valence electrons. The second kappa shape index (κ2) is 5.59. The lowest BCUT2D eigenvalue weighted by Gasteiger charge is -2.08. The second-order valence-electron chi connectivity index (χ2n) is 3.69. The molecule has 0 saturated carbocycles. The molecule has 0 atom stereocenters. The van der Waals surface area contributed by atoms with Crippen molar-refractivity contribution in [3.8, 4) is 5.75 Å². The van der Waals surface area contributed by atoms with Crippen LogP contribution in [0.4, 0.5) is 18.9 Å². The number of hydrogen-bond donors (Lipinski definition) is 0. The average Bonchev–Trinajstić information content (AvgIpc) is 2.84. The van der Waals surface area contributed by atoms with Gasteiger partial charge in [0.05, 0.1) is 4.92 Å². The molecular formula is C11H8F3N3O3. The molecule has 0 radical (unpaired) electrons. The van der Waals surface area contributed by atoms with Gasteiger partial charge in [0.15, 0.2) is 5.82 Å². The second-order valence-corrected chi connectivity index (χ2v) is 3.69. The predicted molar refractivity (Wildman–Crippen MR) is 60.9 cm³/mol. The third-order valence-electron chi connectivity index (χ3n) is 2.44. The monoisotopic (exact) mass is 287 g/mol. The van der Waals surface area contributed by atoms with E-state index in [0.29, 0.717) is 4.57 Å². The molecule has 0 fully saturated rings. The minimum Gasteiger partial charge on any atom is -0.486 e. The van der Waals surface area contributed by atoms with Crippen LogP contribution in [0, 0.1) is 15.9 Å². The zero-order chi connectivity index (χ0) is 14.7. The van der Waals surface area contributed by atoms with Crippen molar-refractivity contribution in [3.63, 3.8) is 0 Å². The molecule has 1 aromatic carbocycles. The number of benzene rings is 1. The lowest BCUT2D eigenvalue weighted by atomic mass is 10.3. The number of ether oxygens (including phenoxy) is 1. The topological polar surface area (TPSA) is 70.2 Å². The minimum absolute atomic E-state index is 0.0167. The molecule has 2 aromatic rings. The molecule has 20 heavy (non-hydrogen) atoms. The third-order valence-corrected chi connectivity index (χ3v) is 2.44. The largest absolute Gasteiger partial charge is 0.486 e. The Kier molecular flexibility index (Phi) is 3.87. The number of aromatic nitrogens is 2. The summed E-state index contributed by atoms with van der Waals surface area (Å²) in [7, 11) is 0. The smallest absolute Gasteiger partial charge is 0.320 e. The molecular weight excluding hydrogens is 279 g/mol. The van der Waals surface area contributed by atoms with Crippen LogP contribution in [0.2, 0.25) is 0 Å². The molecule has 0 aliphatic heterocycles. The first-order valence-corrected chi connectivity index (χ1v) is 5.35. The van der Waals surface area contributed by atoms with Crippen LogP contribution < -0.4 is 4.74 Å². The van der Waals surface area contributed by atoms with Crippen LogP contribution in [0.3, 0.4) is 0 Å². The zero-order valence-corrected chi connectivity index (χ0v) is 9.87. The van der Waals surface area contributed by atoms with Gasteiger partial charge < -0.3 is 4.74 Å². The molecule has 0 spiro atoms. The van der Waals surface area contributed by atoms with Crippen molar-refractivity contribution in [1.29, 1.82) is 0 Å². The van der Waals surface area contributed by atoms with Gasteiger partial charge in [-0.15, -0.1) is 0 Å². The molecule has 6 nitrogen and oxygen atoms in total. The first-order chi connectivity index (χ1) is 9.49. The predicted octanol–water partition coefficient (Wildman–Crippen LogP) is 2.90. The number of rotatable bonds is 5. The highest BCUT2D eigenvalue weighted by Crippen LogP contribution is 2.23. The van der Waals surface area contributed by atoms with E-state index >= 15 is 0 Å². The number of imidazole rings is 1. The van der Waals surface area contributed by atoms with Gasteiger partial charge >= 0.3 is 12.2 Å². The van der Waals surface area contributed by atoms with Gasteiger partial charge in [-0.1, -0.05) is 0 Å². The Balaban J connectivity index is 2.09. The van der Waals surface area contributed by atoms with Gasteiger partial charge in [-0.2, -0.15) is 13.2 Å². The Labute approximate surface area is 110 Å². The molecule has 2 rings (SSSR count). The van der Waals surface area contributed by atoms with E-state index in [2.05, 4.69) is 4.98 Å². The molecule has 9 heteroatoms. The van der Waals surface area contributed by atoms with Crippen molar-refractivity contribution in [2.75, 3.05) is 0 Å². The van der Waals surface area contributed by atoms with Crippen LogP contribution >= 0.6 is 0 Å². The quantitative estimate of drug-likeness (QED) is 0.626. The summed E-state index contributed by atoms with van der Waals surface area (Å²) < 4.78 is 44.0. The van der Waals surface area contributed by atoms with Gasteiger partial charge in [-0.3, -0.25) is 14.7 Å². The van der Waals surface area contributed by atoms with E-state index < -0.39 is 23.0 Å². The summed E-state index contributed by atoms with van der Waals surface area (Å²) in [6, 6.07) is 2.93.